The number of rotatable bonds is 6. The summed E-state index contributed by atoms with van der Waals surface area (Å²) in [6, 6.07) is 10.6. The number of aromatic nitrogens is 1. The Bertz CT molecular complexity index is 641. The van der Waals surface area contributed by atoms with Crippen LogP contribution >= 0.6 is 11.9 Å². The molecule has 0 aliphatic carbocycles. The molecule has 0 unspecified atom stereocenters. The number of hydrogen-bond donors (Lipinski definition) is 1. The predicted molar refractivity (Wildman–Crippen MR) is 98.8 cm³/mol. The van der Waals surface area contributed by atoms with Crippen LogP contribution in [0.3, 0.4) is 0 Å². The summed E-state index contributed by atoms with van der Waals surface area (Å²) in [5.41, 5.74) is 3.28. The van der Waals surface area contributed by atoms with Gasteiger partial charge in [0.2, 0.25) is 0 Å². The van der Waals surface area contributed by atoms with Crippen molar-refractivity contribution in [3.05, 3.63) is 36.0 Å². The largest absolute Gasteiger partial charge is 0.381 e. The molecule has 0 spiro atoms. The number of benzene rings is 1. The molecule has 1 aliphatic rings. The number of fused-ring (bicyclic) bond motifs is 1. The number of nitrogens with zero attached hydrogens (tertiary/aromatic N) is 2. The molecule has 1 fully saturated rings. The molecule has 3 rings (SSSR count). The van der Waals surface area contributed by atoms with Gasteiger partial charge in [0, 0.05) is 30.9 Å². The van der Waals surface area contributed by atoms with Crippen molar-refractivity contribution < 1.29 is 4.74 Å². The van der Waals surface area contributed by atoms with Gasteiger partial charge >= 0.3 is 0 Å². The first-order valence-corrected chi connectivity index (χ1v) is 9.20. The van der Waals surface area contributed by atoms with E-state index in [0.717, 1.165) is 48.3 Å². The van der Waals surface area contributed by atoms with E-state index in [1.54, 1.807) is 11.9 Å². The van der Waals surface area contributed by atoms with Crippen LogP contribution in [0.1, 0.15) is 18.5 Å². The van der Waals surface area contributed by atoms with Gasteiger partial charge in [0.1, 0.15) is 0 Å². The molecular weight excluding hydrogens is 306 g/mol. The van der Waals surface area contributed by atoms with Crippen LogP contribution in [0.5, 0.6) is 0 Å². The zero-order valence-corrected chi connectivity index (χ0v) is 14.7. The summed E-state index contributed by atoms with van der Waals surface area (Å²) in [7, 11) is 4.14. The van der Waals surface area contributed by atoms with E-state index in [2.05, 4.69) is 54.0 Å². The van der Waals surface area contributed by atoms with Crippen LogP contribution in [0.2, 0.25) is 0 Å². The highest BCUT2D eigenvalue weighted by Gasteiger charge is 2.14. The lowest BCUT2D eigenvalue weighted by Crippen LogP contribution is -2.18. The maximum Gasteiger partial charge on any atom is 0.0945 e. The monoisotopic (exact) mass is 331 g/mol. The standard InChI is InChI=1S/C18H25N3OS/c1-21(2)12-16-7-6-15-4-3-5-17(18(15)19-16)20-23-13-14-8-10-22-11-9-14/h3-7,14,20H,8-13H2,1-2H3. The summed E-state index contributed by atoms with van der Waals surface area (Å²) in [5.74, 6) is 1.88. The van der Waals surface area contributed by atoms with Crippen molar-refractivity contribution in [1.29, 1.82) is 0 Å². The molecule has 5 heteroatoms. The summed E-state index contributed by atoms with van der Waals surface area (Å²) in [4.78, 5) is 6.99. The number of ether oxygens (including phenoxy) is 1. The Labute approximate surface area is 142 Å². The molecule has 1 aliphatic heterocycles. The second-order valence-electron chi connectivity index (χ2n) is 6.39. The van der Waals surface area contributed by atoms with Crippen molar-refractivity contribution in [2.75, 3.05) is 37.8 Å². The Morgan fingerprint density at radius 3 is 2.83 bits per heavy atom. The van der Waals surface area contributed by atoms with E-state index in [4.69, 9.17) is 9.72 Å². The zero-order chi connectivity index (χ0) is 16.1. The van der Waals surface area contributed by atoms with Crippen molar-refractivity contribution in [1.82, 2.24) is 9.88 Å². The van der Waals surface area contributed by atoms with Crippen LogP contribution in [0.4, 0.5) is 5.69 Å². The minimum absolute atomic E-state index is 0.758. The van der Waals surface area contributed by atoms with Crippen molar-refractivity contribution in [3.8, 4) is 0 Å². The first-order valence-electron chi connectivity index (χ1n) is 8.21. The molecule has 4 nitrogen and oxygen atoms in total. The molecule has 2 heterocycles. The molecule has 1 saturated heterocycles. The van der Waals surface area contributed by atoms with Gasteiger partial charge in [0.05, 0.1) is 16.9 Å². The number of anilines is 1. The SMILES string of the molecule is CN(C)Cc1ccc2cccc(NSCC3CCOCC3)c2n1. The van der Waals surface area contributed by atoms with Gasteiger partial charge in [-0.15, -0.1) is 0 Å². The van der Waals surface area contributed by atoms with Gasteiger partial charge in [-0.25, -0.2) is 4.98 Å². The highest BCUT2D eigenvalue weighted by molar-refractivity contribution is 8.00. The minimum atomic E-state index is 0.758. The van der Waals surface area contributed by atoms with Gasteiger partial charge in [-0.05, 0) is 45.0 Å². The van der Waals surface area contributed by atoms with Gasteiger partial charge < -0.3 is 14.4 Å². The Hall–Kier alpha value is -1.30. The van der Waals surface area contributed by atoms with E-state index >= 15 is 0 Å². The smallest absolute Gasteiger partial charge is 0.0945 e. The third-order valence-electron chi connectivity index (χ3n) is 4.10. The maximum absolute atomic E-state index is 5.42. The van der Waals surface area contributed by atoms with Crippen LogP contribution in [0.15, 0.2) is 30.3 Å². The molecule has 1 aromatic heterocycles. The lowest BCUT2D eigenvalue weighted by atomic mass is 10.0. The van der Waals surface area contributed by atoms with Crippen molar-refractivity contribution >= 4 is 28.5 Å². The third kappa shape index (κ3) is 4.59. The van der Waals surface area contributed by atoms with Gasteiger partial charge in [0.25, 0.3) is 0 Å². The fourth-order valence-corrected chi connectivity index (χ4v) is 3.80. The normalized spacial score (nSPS) is 16.1. The molecule has 0 bridgehead atoms. The quantitative estimate of drug-likeness (QED) is 0.815. The summed E-state index contributed by atoms with van der Waals surface area (Å²) < 4.78 is 8.94. The lowest BCUT2D eigenvalue weighted by molar-refractivity contribution is 0.0728. The van der Waals surface area contributed by atoms with E-state index in [-0.39, 0.29) is 0 Å². The zero-order valence-electron chi connectivity index (χ0n) is 13.9. The molecule has 0 atom stereocenters. The van der Waals surface area contributed by atoms with Crippen LogP contribution in [-0.4, -0.2) is 42.9 Å². The molecule has 0 saturated carbocycles. The molecule has 0 amide bonds. The van der Waals surface area contributed by atoms with Crippen LogP contribution < -0.4 is 4.72 Å². The highest BCUT2D eigenvalue weighted by Crippen LogP contribution is 2.26. The number of nitrogens with one attached hydrogen (secondary N) is 1. The summed E-state index contributed by atoms with van der Waals surface area (Å²) >= 11 is 1.79. The van der Waals surface area contributed by atoms with Crippen molar-refractivity contribution in [3.63, 3.8) is 0 Å². The number of para-hydroxylation sites is 1. The van der Waals surface area contributed by atoms with Crippen molar-refractivity contribution in [2.45, 2.75) is 19.4 Å². The van der Waals surface area contributed by atoms with Gasteiger partial charge in [-0.2, -0.15) is 0 Å². The summed E-state index contributed by atoms with van der Waals surface area (Å²) in [6.07, 6.45) is 2.35. The summed E-state index contributed by atoms with van der Waals surface area (Å²) in [5, 5.41) is 1.18. The summed E-state index contributed by atoms with van der Waals surface area (Å²) in [6.45, 7) is 2.68. The minimum Gasteiger partial charge on any atom is -0.381 e. The van der Waals surface area contributed by atoms with Crippen LogP contribution in [0, 0.1) is 5.92 Å². The fraction of sp³-hybridized carbons (Fsp3) is 0.500. The topological polar surface area (TPSA) is 37.4 Å². The van der Waals surface area contributed by atoms with Gasteiger partial charge in [-0.1, -0.05) is 30.1 Å². The molecule has 0 radical (unpaired) electrons. The molecular formula is C18H25N3OS. The molecule has 1 N–H and O–H groups in total. The van der Waals surface area contributed by atoms with Crippen LogP contribution in [0.25, 0.3) is 10.9 Å². The van der Waals surface area contributed by atoms with Crippen molar-refractivity contribution in [2.24, 2.45) is 5.92 Å². The third-order valence-corrected chi connectivity index (χ3v) is 5.10. The Morgan fingerprint density at radius 1 is 1.22 bits per heavy atom. The Balaban J connectivity index is 1.68. The highest BCUT2D eigenvalue weighted by atomic mass is 32.2. The number of hydrogen-bond acceptors (Lipinski definition) is 5. The first kappa shape index (κ1) is 16.6. The molecule has 2 aromatic rings. The Kier molecular flexibility index (Phi) is 5.75. The maximum atomic E-state index is 5.42. The first-order chi connectivity index (χ1) is 11.2. The molecule has 23 heavy (non-hydrogen) atoms. The van der Waals surface area contributed by atoms with E-state index in [9.17, 15) is 0 Å². The second kappa shape index (κ2) is 7.99. The molecule has 124 valence electrons. The van der Waals surface area contributed by atoms with E-state index in [1.165, 1.54) is 18.2 Å². The van der Waals surface area contributed by atoms with Gasteiger partial charge in [0.15, 0.2) is 0 Å². The number of pyridine rings is 1. The second-order valence-corrected chi connectivity index (χ2v) is 7.21. The Morgan fingerprint density at radius 2 is 2.04 bits per heavy atom. The molecule has 1 aromatic carbocycles. The van der Waals surface area contributed by atoms with E-state index in [0.29, 0.717) is 0 Å². The predicted octanol–water partition coefficient (Wildman–Crippen LogP) is 3.78. The average molecular weight is 331 g/mol. The van der Waals surface area contributed by atoms with E-state index < -0.39 is 0 Å². The van der Waals surface area contributed by atoms with Gasteiger partial charge in [-0.3, -0.25) is 0 Å². The fourth-order valence-electron chi connectivity index (χ4n) is 2.83. The lowest BCUT2D eigenvalue weighted by Gasteiger charge is -2.21. The average Bonchev–Trinajstić information content (AvgIpc) is 2.56. The van der Waals surface area contributed by atoms with E-state index in [1.807, 2.05) is 0 Å². The van der Waals surface area contributed by atoms with Crippen LogP contribution in [-0.2, 0) is 11.3 Å².